The molecule has 0 fully saturated rings. The maximum Gasteiger partial charge on any atom is 0.290 e. The summed E-state index contributed by atoms with van der Waals surface area (Å²) >= 11 is 0. The van der Waals surface area contributed by atoms with Gasteiger partial charge in [-0.25, -0.2) is 0 Å². The van der Waals surface area contributed by atoms with Gasteiger partial charge < -0.3 is 24.1 Å². The first-order valence-electron chi connectivity index (χ1n) is 10.9. The lowest BCUT2D eigenvalue weighted by atomic mass is 10.1. The van der Waals surface area contributed by atoms with Gasteiger partial charge in [0, 0.05) is 34.6 Å². The summed E-state index contributed by atoms with van der Waals surface area (Å²) in [5.41, 5.74) is 2.04. The Hall–Kier alpha value is -4.00. The Morgan fingerprint density at radius 1 is 0.970 bits per heavy atom. The van der Waals surface area contributed by atoms with Gasteiger partial charge in [0.1, 0.15) is 25.3 Å². The van der Waals surface area contributed by atoms with Crippen LogP contribution in [0.5, 0.6) is 11.5 Å². The van der Waals surface area contributed by atoms with E-state index in [4.69, 9.17) is 13.9 Å². The van der Waals surface area contributed by atoms with Crippen LogP contribution in [0, 0.1) is 6.92 Å². The predicted octanol–water partition coefficient (Wildman–Crippen LogP) is 4.77. The number of ether oxygens (including phenoxy) is 2. The molecular weight excluding hydrogens is 420 g/mol. The van der Waals surface area contributed by atoms with Crippen LogP contribution in [0.2, 0.25) is 0 Å². The maximum absolute atomic E-state index is 13.3. The zero-order valence-corrected chi connectivity index (χ0v) is 18.5. The zero-order valence-electron chi connectivity index (χ0n) is 18.5. The van der Waals surface area contributed by atoms with Crippen molar-refractivity contribution in [1.82, 2.24) is 4.90 Å². The number of anilines is 1. The van der Waals surface area contributed by atoms with Crippen LogP contribution in [0.4, 0.5) is 5.69 Å². The van der Waals surface area contributed by atoms with Crippen molar-refractivity contribution in [1.29, 1.82) is 0 Å². The Balaban J connectivity index is 1.36. The molecule has 0 aliphatic carbocycles. The van der Waals surface area contributed by atoms with Crippen molar-refractivity contribution >= 4 is 39.2 Å². The van der Waals surface area contributed by atoms with Crippen LogP contribution in [0.1, 0.15) is 23.0 Å². The van der Waals surface area contributed by atoms with Crippen LogP contribution >= 0.6 is 0 Å². The minimum absolute atomic E-state index is 0.0962. The molecule has 4 aromatic rings. The monoisotopic (exact) mass is 444 g/mol. The Bertz CT molecular complexity index is 1370. The number of nitrogens with one attached hydrogen (secondary N) is 1. The molecule has 3 aromatic carbocycles. The first-order valence-corrected chi connectivity index (χ1v) is 10.9. The largest absolute Gasteiger partial charge is 0.486 e. The summed E-state index contributed by atoms with van der Waals surface area (Å²) in [5.74, 6) is 0.883. The summed E-state index contributed by atoms with van der Waals surface area (Å²) in [5, 5.41) is 5.73. The van der Waals surface area contributed by atoms with Crippen molar-refractivity contribution in [2.45, 2.75) is 13.8 Å². The summed E-state index contributed by atoms with van der Waals surface area (Å²) in [6.45, 7) is 4.95. The van der Waals surface area contributed by atoms with Gasteiger partial charge in [-0.05, 0) is 31.4 Å². The van der Waals surface area contributed by atoms with E-state index in [2.05, 4.69) is 5.32 Å². The molecule has 2 amide bonds. The van der Waals surface area contributed by atoms with Crippen molar-refractivity contribution < 1.29 is 23.5 Å². The van der Waals surface area contributed by atoms with Crippen LogP contribution in [-0.2, 0) is 4.79 Å². The average Bonchev–Trinajstić information content (AvgIpc) is 3.19. The second-order valence-electron chi connectivity index (χ2n) is 7.95. The van der Waals surface area contributed by atoms with Crippen LogP contribution in [0.3, 0.4) is 0 Å². The lowest BCUT2D eigenvalue weighted by molar-refractivity contribution is -0.116. The number of likely N-dealkylation sites (N-methyl/N-ethyl adjacent to an activating group) is 1. The second kappa shape index (κ2) is 8.50. The number of fused-ring (bicyclic) bond motifs is 4. The Labute approximate surface area is 190 Å². The summed E-state index contributed by atoms with van der Waals surface area (Å²) in [7, 11) is 0. The molecule has 2 heterocycles. The fraction of sp³-hybridized carbons (Fsp3) is 0.231. The lowest BCUT2D eigenvalue weighted by Crippen LogP contribution is -2.38. The fourth-order valence-corrected chi connectivity index (χ4v) is 4.12. The normalized spacial score (nSPS) is 12.7. The van der Waals surface area contributed by atoms with Crippen molar-refractivity contribution in [3.8, 4) is 11.5 Å². The molecule has 1 aromatic heterocycles. The minimum Gasteiger partial charge on any atom is -0.486 e. The van der Waals surface area contributed by atoms with E-state index in [0.717, 1.165) is 21.7 Å². The molecule has 0 radical (unpaired) electrons. The standard InChI is InChI=1S/C26H24N2O5/c1-3-28(15-23(29)27-18-9-11-21-22(14-18)32-13-12-31-21)26(30)24-16(2)19-10-8-17-6-4-5-7-20(17)25(19)33-24/h4-11,14H,3,12-13,15H2,1-2H3,(H,27,29). The predicted molar refractivity (Wildman–Crippen MR) is 126 cm³/mol. The number of amides is 2. The lowest BCUT2D eigenvalue weighted by Gasteiger charge is -2.21. The maximum atomic E-state index is 13.3. The summed E-state index contributed by atoms with van der Waals surface area (Å²) < 4.78 is 17.1. The third-order valence-electron chi connectivity index (χ3n) is 5.85. The molecule has 0 atom stereocenters. The second-order valence-corrected chi connectivity index (χ2v) is 7.95. The van der Waals surface area contributed by atoms with Crippen LogP contribution in [0.15, 0.2) is 59.0 Å². The van der Waals surface area contributed by atoms with Crippen LogP contribution < -0.4 is 14.8 Å². The SMILES string of the molecule is CCN(CC(=O)Nc1ccc2c(c1)OCCO2)C(=O)c1oc2c(ccc3ccccc32)c1C. The number of carbonyl (C=O) groups is 2. The number of nitrogens with zero attached hydrogens (tertiary/aromatic N) is 1. The minimum atomic E-state index is -0.312. The Kier molecular flexibility index (Phi) is 5.38. The molecule has 1 aliphatic rings. The van der Waals surface area contributed by atoms with E-state index < -0.39 is 0 Å². The van der Waals surface area contributed by atoms with Crippen LogP contribution in [0.25, 0.3) is 21.7 Å². The molecule has 0 saturated carbocycles. The van der Waals surface area contributed by atoms with E-state index in [0.29, 0.717) is 42.5 Å². The third-order valence-corrected chi connectivity index (χ3v) is 5.85. The summed E-state index contributed by atoms with van der Waals surface area (Å²) in [4.78, 5) is 27.5. The van der Waals surface area contributed by atoms with Crippen molar-refractivity contribution in [2.75, 3.05) is 31.6 Å². The molecule has 0 spiro atoms. The molecular formula is C26H24N2O5. The smallest absolute Gasteiger partial charge is 0.290 e. The average molecular weight is 444 g/mol. The first kappa shape index (κ1) is 20.9. The highest BCUT2D eigenvalue weighted by molar-refractivity contribution is 6.09. The van der Waals surface area contributed by atoms with Crippen molar-refractivity contribution in [2.24, 2.45) is 0 Å². The van der Waals surface area contributed by atoms with E-state index in [1.54, 1.807) is 18.2 Å². The summed E-state index contributed by atoms with van der Waals surface area (Å²) in [6.07, 6.45) is 0. The summed E-state index contributed by atoms with van der Waals surface area (Å²) in [6, 6.07) is 17.1. The van der Waals surface area contributed by atoms with Gasteiger partial charge in [0.25, 0.3) is 5.91 Å². The molecule has 7 nitrogen and oxygen atoms in total. The third kappa shape index (κ3) is 3.86. The van der Waals surface area contributed by atoms with Gasteiger partial charge in [0.2, 0.25) is 5.91 Å². The number of aryl methyl sites for hydroxylation is 1. The van der Waals surface area contributed by atoms with Gasteiger partial charge in [-0.3, -0.25) is 9.59 Å². The number of hydrogen-bond acceptors (Lipinski definition) is 5. The number of hydrogen-bond donors (Lipinski definition) is 1. The van der Waals surface area contributed by atoms with Crippen molar-refractivity contribution in [3.63, 3.8) is 0 Å². The molecule has 33 heavy (non-hydrogen) atoms. The zero-order chi connectivity index (χ0) is 22.9. The molecule has 0 saturated heterocycles. The van der Waals surface area contributed by atoms with Crippen LogP contribution in [-0.4, -0.2) is 43.0 Å². The van der Waals surface area contributed by atoms with E-state index in [9.17, 15) is 9.59 Å². The molecule has 1 N–H and O–H groups in total. The quantitative estimate of drug-likeness (QED) is 0.480. The van der Waals surface area contributed by atoms with Gasteiger partial charge >= 0.3 is 0 Å². The molecule has 5 rings (SSSR count). The molecule has 7 heteroatoms. The molecule has 1 aliphatic heterocycles. The number of carbonyl (C=O) groups excluding carboxylic acids is 2. The van der Waals surface area contributed by atoms with Gasteiger partial charge in [-0.1, -0.05) is 36.4 Å². The number of benzene rings is 3. The Morgan fingerprint density at radius 2 is 1.76 bits per heavy atom. The van der Waals surface area contributed by atoms with Gasteiger partial charge in [-0.2, -0.15) is 0 Å². The fourth-order valence-electron chi connectivity index (χ4n) is 4.12. The van der Waals surface area contributed by atoms with Crippen molar-refractivity contribution in [3.05, 3.63) is 65.9 Å². The highest BCUT2D eigenvalue weighted by atomic mass is 16.6. The highest BCUT2D eigenvalue weighted by Crippen LogP contribution is 2.33. The van der Waals surface area contributed by atoms with E-state index in [1.807, 2.05) is 50.2 Å². The first-order chi connectivity index (χ1) is 16.0. The molecule has 168 valence electrons. The van der Waals surface area contributed by atoms with Gasteiger partial charge in [-0.15, -0.1) is 0 Å². The molecule has 0 unspecified atom stereocenters. The Morgan fingerprint density at radius 3 is 2.58 bits per heavy atom. The van der Waals surface area contributed by atoms with E-state index >= 15 is 0 Å². The van der Waals surface area contributed by atoms with Gasteiger partial charge in [0.15, 0.2) is 17.3 Å². The number of furan rings is 1. The molecule has 0 bridgehead atoms. The van der Waals surface area contributed by atoms with E-state index in [-0.39, 0.29) is 24.1 Å². The van der Waals surface area contributed by atoms with E-state index in [1.165, 1.54) is 4.90 Å². The topological polar surface area (TPSA) is 81.0 Å². The highest BCUT2D eigenvalue weighted by Gasteiger charge is 2.25. The number of rotatable bonds is 5. The van der Waals surface area contributed by atoms with Gasteiger partial charge in [0.05, 0.1) is 0 Å².